The molecule has 1 saturated heterocycles. The molecule has 2 aliphatic rings. The Balaban J connectivity index is 1.40. The maximum atomic E-state index is 14.0. The highest BCUT2D eigenvalue weighted by Gasteiger charge is 2.28. The number of rotatable bonds is 3. The number of aryl methyl sites for hydroxylation is 1. The van der Waals surface area contributed by atoms with Gasteiger partial charge in [0, 0.05) is 37.9 Å². The summed E-state index contributed by atoms with van der Waals surface area (Å²) in [4.78, 5) is 19.1. The van der Waals surface area contributed by atoms with Gasteiger partial charge in [-0.3, -0.25) is 4.79 Å². The minimum atomic E-state index is -0.198. The lowest BCUT2D eigenvalue weighted by molar-refractivity contribution is -0.130. The zero-order chi connectivity index (χ0) is 18.8. The van der Waals surface area contributed by atoms with Gasteiger partial charge in [-0.05, 0) is 43.5 Å². The standard InChI is InChI=1S/C22H26FN3O/c1-17-10-11-18-6-2-4-8-20(18)26(17)16-22(27)25-14-12-24(13-15-25)21-9-5-3-7-19(21)23/h2-9,17H,10-16H2,1H3. The topological polar surface area (TPSA) is 26.8 Å². The first kappa shape index (κ1) is 17.8. The van der Waals surface area contributed by atoms with Crippen LogP contribution in [0.15, 0.2) is 48.5 Å². The maximum absolute atomic E-state index is 14.0. The van der Waals surface area contributed by atoms with Gasteiger partial charge in [-0.25, -0.2) is 4.39 Å². The summed E-state index contributed by atoms with van der Waals surface area (Å²) in [6.07, 6.45) is 2.15. The number of hydrogen-bond acceptors (Lipinski definition) is 3. The Morgan fingerprint density at radius 1 is 1.00 bits per heavy atom. The number of benzene rings is 2. The molecule has 2 aromatic rings. The summed E-state index contributed by atoms with van der Waals surface area (Å²) >= 11 is 0. The van der Waals surface area contributed by atoms with Gasteiger partial charge in [-0.2, -0.15) is 0 Å². The van der Waals surface area contributed by atoms with E-state index >= 15 is 0 Å². The molecule has 5 heteroatoms. The van der Waals surface area contributed by atoms with Crippen molar-refractivity contribution >= 4 is 17.3 Å². The van der Waals surface area contributed by atoms with Gasteiger partial charge in [-0.1, -0.05) is 30.3 Å². The molecule has 0 aliphatic carbocycles. The molecule has 2 aromatic carbocycles. The predicted molar refractivity (Wildman–Crippen MR) is 107 cm³/mol. The van der Waals surface area contributed by atoms with E-state index in [0.29, 0.717) is 44.5 Å². The normalized spacial score (nSPS) is 19.8. The zero-order valence-electron chi connectivity index (χ0n) is 15.8. The highest BCUT2D eigenvalue weighted by molar-refractivity contribution is 5.82. The van der Waals surface area contributed by atoms with E-state index in [-0.39, 0.29) is 11.7 Å². The Labute approximate surface area is 160 Å². The van der Waals surface area contributed by atoms with Crippen molar-refractivity contribution in [3.8, 4) is 0 Å². The molecule has 27 heavy (non-hydrogen) atoms. The second kappa shape index (κ2) is 7.59. The van der Waals surface area contributed by atoms with Crippen LogP contribution >= 0.6 is 0 Å². The van der Waals surface area contributed by atoms with Crippen LogP contribution in [0.4, 0.5) is 15.8 Å². The average molecular weight is 367 g/mol. The lowest BCUT2D eigenvalue weighted by Crippen LogP contribution is -2.53. The molecular formula is C22H26FN3O. The number of anilines is 2. The largest absolute Gasteiger partial charge is 0.366 e. The van der Waals surface area contributed by atoms with Crippen LogP contribution < -0.4 is 9.80 Å². The third-order valence-electron chi connectivity index (χ3n) is 5.80. The van der Waals surface area contributed by atoms with Gasteiger partial charge in [0.1, 0.15) is 5.82 Å². The van der Waals surface area contributed by atoms with E-state index in [0.717, 1.165) is 12.8 Å². The number of nitrogens with zero attached hydrogens (tertiary/aromatic N) is 3. The molecule has 0 radical (unpaired) electrons. The SMILES string of the molecule is CC1CCc2ccccc2N1CC(=O)N1CCN(c2ccccc2F)CC1. The minimum Gasteiger partial charge on any atom is -0.366 e. The number of para-hydroxylation sites is 2. The monoisotopic (exact) mass is 367 g/mol. The van der Waals surface area contributed by atoms with Crippen LogP contribution in [0.1, 0.15) is 18.9 Å². The Hall–Kier alpha value is -2.56. The van der Waals surface area contributed by atoms with Gasteiger partial charge in [0.25, 0.3) is 0 Å². The fourth-order valence-corrected chi connectivity index (χ4v) is 4.15. The number of carbonyl (C=O) groups excluding carboxylic acids is 1. The number of amides is 1. The van der Waals surface area contributed by atoms with Crippen molar-refractivity contribution in [2.24, 2.45) is 0 Å². The van der Waals surface area contributed by atoms with Crippen LogP contribution in [0.25, 0.3) is 0 Å². The van der Waals surface area contributed by atoms with Crippen molar-refractivity contribution in [3.05, 3.63) is 59.9 Å². The van der Waals surface area contributed by atoms with Crippen LogP contribution in [0, 0.1) is 5.82 Å². The number of piperazine rings is 1. The fourth-order valence-electron chi connectivity index (χ4n) is 4.15. The molecular weight excluding hydrogens is 341 g/mol. The summed E-state index contributed by atoms with van der Waals surface area (Å²) in [5, 5.41) is 0. The summed E-state index contributed by atoms with van der Waals surface area (Å²) in [6.45, 7) is 5.21. The zero-order valence-corrected chi connectivity index (χ0v) is 15.8. The van der Waals surface area contributed by atoms with Crippen molar-refractivity contribution in [3.63, 3.8) is 0 Å². The highest BCUT2D eigenvalue weighted by Crippen LogP contribution is 2.30. The Bertz CT molecular complexity index is 817. The average Bonchev–Trinajstić information content (AvgIpc) is 2.70. The van der Waals surface area contributed by atoms with Crippen molar-refractivity contribution in [1.82, 2.24) is 4.90 Å². The van der Waals surface area contributed by atoms with Crippen LogP contribution in [0.3, 0.4) is 0 Å². The van der Waals surface area contributed by atoms with Crippen LogP contribution in [0.2, 0.25) is 0 Å². The van der Waals surface area contributed by atoms with E-state index in [4.69, 9.17) is 0 Å². The van der Waals surface area contributed by atoms with E-state index in [9.17, 15) is 9.18 Å². The van der Waals surface area contributed by atoms with Crippen molar-refractivity contribution < 1.29 is 9.18 Å². The molecule has 4 rings (SSSR count). The van der Waals surface area contributed by atoms with Crippen LogP contribution in [-0.4, -0.2) is 49.6 Å². The first-order valence-corrected chi connectivity index (χ1v) is 9.75. The summed E-state index contributed by atoms with van der Waals surface area (Å²) < 4.78 is 14.0. The number of carbonyl (C=O) groups is 1. The minimum absolute atomic E-state index is 0.159. The molecule has 0 bridgehead atoms. The van der Waals surface area contributed by atoms with E-state index < -0.39 is 0 Å². The number of halogens is 1. The predicted octanol–water partition coefficient (Wildman–Crippen LogP) is 3.32. The molecule has 4 nitrogen and oxygen atoms in total. The molecule has 1 atom stereocenters. The van der Waals surface area contributed by atoms with E-state index in [1.54, 1.807) is 12.1 Å². The first-order valence-electron chi connectivity index (χ1n) is 9.75. The van der Waals surface area contributed by atoms with Crippen molar-refractivity contribution in [2.45, 2.75) is 25.8 Å². The molecule has 0 saturated carbocycles. The Morgan fingerprint density at radius 2 is 1.67 bits per heavy atom. The van der Waals surface area contributed by atoms with Crippen LogP contribution in [-0.2, 0) is 11.2 Å². The molecule has 142 valence electrons. The van der Waals surface area contributed by atoms with E-state index in [1.165, 1.54) is 17.3 Å². The smallest absolute Gasteiger partial charge is 0.242 e. The molecule has 1 unspecified atom stereocenters. The van der Waals surface area contributed by atoms with Gasteiger partial charge in [0.15, 0.2) is 0 Å². The molecule has 0 aromatic heterocycles. The lowest BCUT2D eigenvalue weighted by atomic mass is 9.96. The Morgan fingerprint density at radius 3 is 2.41 bits per heavy atom. The second-order valence-electron chi connectivity index (χ2n) is 7.46. The first-order chi connectivity index (χ1) is 13.1. The van der Waals surface area contributed by atoms with Gasteiger partial charge in [0.2, 0.25) is 5.91 Å². The number of hydrogen-bond donors (Lipinski definition) is 0. The number of fused-ring (bicyclic) bond motifs is 1. The Kier molecular flexibility index (Phi) is 5.01. The summed E-state index contributed by atoms with van der Waals surface area (Å²) in [7, 11) is 0. The van der Waals surface area contributed by atoms with E-state index in [2.05, 4.69) is 30.0 Å². The summed E-state index contributed by atoms with van der Waals surface area (Å²) in [5.41, 5.74) is 3.14. The highest BCUT2D eigenvalue weighted by atomic mass is 19.1. The molecule has 1 fully saturated rings. The van der Waals surface area contributed by atoms with Crippen LogP contribution in [0.5, 0.6) is 0 Å². The third-order valence-corrected chi connectivity index (χ3v) is 5.80. The van der Waals surface area contributed by atoms with Gasteiger partial charge < -0.3 is 14.7 Å². The van der Waals surface area contributed by atoms with Gasteiger partial charge >= 0.3 is 0 Å². The van der Waals surface area contributed by atoms with Crippen molar-refractivity contribution in [1.29, 1.82) is 0 Å². The molecule has 2 aliphatic heterocycles. The van der Waals surface area contributed by atoms with Gasteiger partial charge in [-0.15, -0.1) is 0 Å². The molecule has 0 N–H and O–H groups in total. The molecule has 2 heterocycles. The lowest BCUT2D eigenvalue weighted by Gasteiger charge is -2.40. The summed E-state index contributed by atoms with van der Waals surface area (Å²) in [5.74, 6) is -0.0391. The second-order valence-corrected chi connectivity index (χ2v) is 7.46. The van der Waals surface area contributed by atoms with Gasteiger partial charge in [0.05, 0.1) is 12.2 Å². The van der Waals surface area contributed by atoms with Crippen molar-refractivity contribution in [2.75, 3.05) is 42.5 Å². The summed E-state index contributed by atoms with van der Waals surface area (Å²) in [6, 6.07) is 15.6. The quantitative estimate of drug-likeness (QED) is 0.833. The maximum Gasteiger partial charge on any atom is 0.242 e. The molecule has 1 amide bonds. The van der Waals surface area contributed by atoms with E-state index in [1.807, 2.05) is 21.9 Å². The third kappa shape index (κ3) is 3.64. The molecule has 0 spiro atoms. The fraction of sp³-hybridized carbons (Fsp3) is 0.409.